The summed E-state index contributed by atoms with van der Waals surface area (Å²) in [6, 6.07) is 0. The Hall–Kier alpha value is -1.04. The summed E-state index contributed by atoms with van der Waals surface area (Å²) in [6.07, 6.45) is 1.56. The molecule has 78 valence electrons. The molecule has 15 heavy (non-hydrogen) atoms. The zero-order valence-electron chi connectivity index (χ0n) is 7.96. The molecular weight excluding hydrogens is 261 g/mol. The molecule has 0 saturated carbocycles. The molecule has 2 aromatic rings. The van der Waals surface area contributed by atoms with Gasteiger partial charge in [-0.2, -0.15) is 0 Å². The van der Waals surface area contributed by atoms with Crippen LogP contribution in [0, 0.1) is 0 Å². The van der Waals surface area contributed by atoms with Gasteiger partial charge in [0.25, 0.3) is 0 Å². The SMILES string of the molecule is c1nc(N2CCOCC2)c2n[se]nc2n1. The molecule has 6 nitrogen and oxygen atoms in total. The molecule has 1 aliphatic rings. The first-order valence-electron chi connectivity index (χ1n) is 4.71. The van der Waals surface area contributed by atoms with Crippen LogP contribution in [-0.2, 0) is 4.74 Å². The van der Waals surface area contributed by atoms with Crippen molar-refractivity contribution in [2.75, 3.05) is 31.2 Å². The van der Waals surface area contributed by atoms with Crippen molar-refractivity contribution in [3.05, 3.63) is 6.33 Å². The Bertz CT molecular complexity index is 467. The van der Waals surface area contributed by atoms with Crippen molar-refractivity contribution in [3.8, 4) is 0 Å². The third-order valence-corrected chi connectivity index (χ3v) is 3.44. The second-order valence-electron chi connectivity index (χ2n) is 3.23. The summed E-state index contributed by atoms with van der Waals surface area (Å²) in [4.78, 5) is 10.6. The first-order chi connectivity index (χ1) is 7.45. The second-order valence-corrected chi connectivity index (χ2v) is 4.34. The van der Waals surface area contributed by atoms with Crippen molar-refractivity contribution in [1.29, 1.82) is 0 Å². The minimum absolute atomic E-state index is 0.0423. The number of fused-ring (bicyclic) bond motifs is 1. The molecule has 7 heteroatoms. The van der Waals surface area contributed by atoms with Crippen LogP contribution in [0.1, 0.15) is 0 Å². The third kappa shape index (κ3) is 1.62. The van der Waals surface area contributed by atoms with Crippen molar-refractivity contribution < 1.29 is 4.74 Å². The van der Waals surface area contributed by atoms with E-state index in [-0.39, 0.29) is 15.0 Å². The second kappa shape index (κ2) is 3.84. The Kier molecular flexibility index (Phi) is 2.36. The summed E-state index contributed by atoms with van der Waals surface area (Å²) in [5.41, 5.74) is 1.60. The van der Waals surface area contributed by atoms with E-state index in [0.717, 1.165) is 43.3 Å². The fraction of sp³-hybridized carbons (Fsp3) is 0.500. The monoisotopic (exact) mass is 271 g/mol. The maximum absolute atomic E-state index is 5.31. The number of rotatable bonds is 1. The average Bonchev–Trinajstić information content (AvgIpc) is 2.78. The third-order valence-electron chi connectivity index (χ3n) is 2.35. The van der Waals surface area contributed by atoms with Gasteiger partial charge in [-0.15, -0.1) is 0 Å². The van der Waals surface area contributed by atoms with E-state index < -0.39 is 0 Å². The molecule has 3 heterocycles. The van der Waals surface area contributed by atoms with Gasteiger partial charge in [-0.1, -0.05) is 0 Å². The van der Waals surface area contributed by atoms with Crippen molar-refractivity contribution >= 4 is 31.9 Å². The van der Waals surface area contributed by atoms with E-state index in [1.807, 2.05) is 0 Å². The van der Waals surface area contributed by atoms with Gasteiger partial charge in [0.1, 0.15) is 0 Å². The molecular formula is C8H9N5OSe. The zero-order valence-corrected chi connectivity index (χ0v) is 9.67. The van der Waals surface area contributed by atoms with Crippen molar-refractivity contribution in [2.24, 2.45) is 0 Å². The molecule has 0 atom stereocenters. The molecule has 1 aliphatic heterocycles. The molecule has 0 N–H and O–H groups in total. The van der Waals surface area contributed by atoms with Gasteiger partial charge in [-0.3, -0.25) is 0 Å². The van der Waals surface area contributed by atoms with Crippen LogP contribution in [-0.4, -0.2) is 59.2 Å². The van der Waals surface area contributed by atoms with Crippen LogP contribution in [0.2, 0.25) is 0 Å². The fourth-order valence-electron chi connectivity index (χ4n) is 1.62. The van der Waals surface area contributed by atoms with Gasteiger partial charge in [0.05, 0.1) is 0 Å². The van der Waals surface area contributed by atoms with Gasteiger partial charge in [-0.25, -0.2) is 0 Å². The molecule has 1 saturated heterocycles. The summed E-state index contributed by atoms with van der Waals surface area (Å²) in [6.45, 7) is 3.24. The van der Waals surface area contributed by atoms with Crippen molar-refractivity contribution in [3.63, 3.8) is 0 Å². The maximum atomic E-state index is 5.31. The van der Waals surface area contributed by atoms with E-state index in [2.05, 4.69) is 22.8 Å². The summed E-state index contributed by atoms with van der Waals surface area (Å²) >= 11 is -0.0423. The molecule has 0 spiro atoms. The van der Waals surface area contributed by atoms with Crippen LogP contribution in [0.15, 0.2) is 6.33 Å². The summed E-state index contributed by atoms with van der Waals surface area (Å²) in [7, 11) is 0. The quantitative estimate of drug-likeness (QED) is 0.639. The Morgan fingerprint density at radius 1 is 1.20 bits per heavy atom. The van der Waals surface area contributed by atoms with E-state index in [1.165, 1.54) is 0 Å². The van der Waals surface area contributed by atoms with Gasteiger partial charge in [-0.05, 0) is 0 Å². The standard InChI is InChI=1S/C8H9N5OSe/c1-3-14-4-2-13(1)8-6-7(9-5-10-8)12-15-11-6/h5H,1-4H2. The van der Waals surface area contributed by atoms with E-state index in [9.17, 15) is 0 Å². The van der Waals surface area contributed by atoms with E-state index in [4.69, 9.17) is 4.74 Å². The zero-order chi connectivity index (χ0) is 10.1. The molecule has 0 unspecified atom stereocenters. The normalized spacial score (nSPS) is 17.2. The number of nitrogens with zero attached hydrogens (tertiary/aromatic N) is 5. The predicted molar refractivity (Wildman–Crippen MR) is 55.1 cm³/mol. The van der Waals surface area contributed by atoms with Gasteiger partial charge in [0.2, 0.25) is 0 Å². The van der Waals surface area contributed by atoms with Gasteiger partial charge in [0.15, 0.2) is 0 Å². The number of hydrogen-bond donors (Lipinski definition) is 0. The van der Waals surface area contributed by atoms with Crippen LogP contribution in [0.4, 0.5) is 5.82 Å². The first kappa shape index (κ1) is 9.20. The number of ether oxygens (including phenoxy) is 1. The van der Waals surface area contributed by atoms with Crippen molar-refractivity contribution in [2.45, 2.75) is 0 Å². The van der Waals surface area contributed by atoms with E-state index in [1.54, 1.807) is 6.33 Å². The number of hydrogen-bond acceptors (Lipinski definition) is 6. The average molecular weight is 270 g/mol. The first-order valence-corrected chi connectivity index (χ1v) is 6.24. The van der Waals surface area contributed by atoms with Crippen LogP contribution >= 0.6 is 0 Å². The topological polar surface area (TPSA) is 64.0 Å². The van der Waals surface area contributed by atoms with Gasteiger partial charge in [0, 0.05) is 0 Å². The summed E-state index contributed by atoms with van der Waals surface area (Å²) < 4.78 is 13.9. The Balaban J connectivity index is 2.05. The molecule has 0 amide bonds. The number of morpholine rings is 1. The molecule has 0 aromatic carbocycles. The molecule has 1 fully saturated rings. The number of anilines is 1. The van der Waals surface area contributed by atoms with Gasteiger partial charge >= 0.3 is 92.1 Å². The molecule has 2 aromatic heterocycles. The molecule has 0 bridgehead atoms. The van der Waals surface area contributed by atoms with Crippen LogP contribution in [0.5, 0.6) is 0 Å². The summed E-state index contributed by atoms with van der Waals surface area (Å²) in [5.74, 6) is 0.909. The number of aromatic nitrogens is 4. The Morgan fingerprint density at radius 2 is 2.07 bits per heavy atom. The molecule has 0 aliphatic carbocycles. The minimum atomic E-state index is -0.0423. The van der Waals surface area contributed by atoms with Crippen LogP contribution in [0.3, 0.4) is 0 Å². The van der Waals surface area contributed by atoms with Crippen LogP contribution < -0.4 is 4.90 Å². The predicted octanol–water partition coefficient (Wildman–Crippen LogP) is -0.687. The fourth-order valence-corrected chi connectivity index (χ4v) is 2.66. The van der Waals surface area contributed by atoms with Crippen LogP contribution in [0.25, 0.3) is 11.2 Å². The molecule has 0 radical (unpaired) electrons. The van der Waals surface area contributed by atoms with E-state index in [0.29, 0.717) is 0 Å². The Labute approximate surface area is 92.5 Å². The van der Waals surface area contributed by atoms with Crippen molar-refractivity contribution in [1.82, 2.24) is 17.9 Å². The molecule has 3 rings (SSSR count). The van der Waals surface area contributed by atoms with E-state index >= 15 is 0 Å². The van der Waals surface area contributed by atoms with Gasteiger partial charge < -0.3 is 0 Å². The summed E-state index contributed by atoms with van der Waals surface area (Å²) in [5, 5.41) is 0. The Morgan fingerprint density at radius 3 is 2.93 bits per heavy atom.